The summed E-state index contributed by atoms with van der Waals surface area (Å²) in [7, 11) is 0. The first kappa shape index (κ1) is 24.3. The zero-order chi connectivity index (χ0) is 24.3. The SMILES string of the molecule is CCOC(=O)Cn1cc(CCN2CCN(c3ncc(C(F)(F)F)cc3Cl)CC2)c2ccccc21. The Hall–Kier alpha value is -2.78. The Morgan fingerprint density at radius 3 is 2.59 bits per heavy atom. The quantitative estimate of drug-likeness (QED) is 0.448. The molecule has 0 N–H and O–H groups in total. The number of esters is 1. The van der Waals surface area contributed by atoms with Crippen molar-refractivity contribution in [3.63, 3.8) is 0 Å². The summed E-state index contributed by atoms with van der Waals surface area (Å²) in [4.78, 5) is 20.2. The molecular weight excluding hydrogens is 469 g/mol. The van der Waals surface area contributed by atoms with Gasteiger partial charge in [0.05, 0.1) is 17.2 Å². The third kappa shape index (κ3) is 5.47. The maximum atomic E-state index is 12.9. The molecule has 1 aromatic carbocycles. The molecule has 0 atom stereocenters. The van der Waals surface area contributed by atoms with Crippen molar-refractivity contribution in [3.05, 3.63) is 58.9 Å². The molecule has 6 nitrogen and oxygen atoms in total. The van der Waals surface area contributed by atoms with E-state index in [-0.39, 0.29) is 17.5 Å². The molecule has 34 heavy (non-hydrogen) atoms. The average Bonchev–Trinajstić information content (AvgIpc) is 3.15. The highest BCUT2D eigenvalue weighted by Crippen LogP contribution is 2.33. The number of benzene rings is 1. The Kier molecular flexibility index (Phi) is 7.33. The third-order valence-corrected chi connectivity index (χ3v) is 6.27. The molecule has 3 heterocycles. The fourth-order valence-electron chi connectivity index (χ4n) is 4.28. The minimum Gasteiger partial charge on any atom is -0.465 e. The summed E-state index contributed by atoms with van der Waals surface area (Å²) in [6.07, 6.45) is -0.799. The zero-order valence-electron chi connectivity index (χ0n) is 18.8. The van der Waals surface area contributed by atoms with E-state index in [1.807, 2.05) is 33.9 Å². The highest BCUT2D eigenvalue weighted by Gasteiger charge is 2.32. The molecule has 10 heteroatoms. The number of rotatable bonds is 7. The van der Waals surface area contributed by atoms with Crippen LogP contribution in [0.4, 0.5) is 19.0 Å². The number of para-hydroxylation sites is 1. The van der Waals surface area contributed by atoms with Gasteiger partial charge in [-0.15, -0.1) is 0 Å². The van der Waals surface area contributed by atoms with E-state index < -0.39 is 11.7 Å². The highest BCUT2D eigenvalue weighted by atomic mass is 35.5. The fourth-order valence-corrected chi connectivity index (χ4v) is 4.56. The molecule has 0 unspecified atom stereocenters. The van der Waals surface area contributed by atoms with Gasteiger partial charge < -0.3 is 14.2 Å². The largest absolute Gasteiger partial charge is 0.465 e. The van der Waals surface area contributed by atoms with Gasteiger partial charge in [-0.1, -0.05) is 29.8 Å². The molecule has 3 aromatic rings. The summed E-state index contributed by atoms with van der Waals surface area (Å²) in [6, 6.07) is 8.93. The van der Waals surface area contributed by atoms with E-state index in [9.17, 15) is 18.0 Å². The molecule has 0 bridgehead atoms. The number of pyridine rings is 1. The van der Waals surface area contributed by atoms with Gasteiger partial charge in [0, 0.05) is 56.0 Å². The van der Waals surface area contributed by atoms with Crippen molar-refractivity contribution in [2.24, 2.45) is 0 Å². The molecule has 0 saturated carbocycles. The topological polar surface area (TPSA) is 50.6 Å². The van der Waals surface area contributed by atoms with Crippen LogP contribution in [0.2, 0.25) is 5.02 Å². The standard InChI is InChI=1S/C24H26ClF3N4O2/c1-2-34-22(33)16-32-15-17(19-5-3-4-6-21(19)32)7-8-30-9-11-31(12-10-30)23-20(25)13-18(14-29-23)24(26,27)28/h3-6,13-15H,2,7-12,16H2,1H3. The van der Waals surface area contributed by atoms with Crippen LogP contribution in [0.1, 0.15) is 18.1 Å². The van der Waals surface area contributed by atoms with Crippen LogP contribution in [0.5, 0.6) is 0 Å². The van der Waals surface area contributed by atoms with Crippen LogP contribution in [-0.2, 0) is 28.7 Å². The molecule has 182 valence electrons. The first-order valence-electron chi connectivity index (χ1n) is 11.2. The number of piperazine rings is 1. The van der Waals surface area contributed by atoms with E-state index in [4.69, 9.17) is 16.3 Å². The molecule has 1 saturated heterocycles. The lowest BCUT2D eigenvalue weighted by atomic mass is 10.1. The van der Waals surface area contributed by atoms with Gasteiger partial charge in [0.15, 0.2) is 0 Å². The lowest BCUT2D eigenvalue weighted by molar-refractivity contribution is -0.143. The monoisotopic (exact) mass is 494 g/mol. The van der Waals surface area contributed by atoms with Crippen LogP contribution in [0, 0.1) is 0 Å². The maximum absolute atomic E-state index is 12.9. The number of halogens is 4. The van der Waals surface area contributed by atoms with E-state index in [0.717, 1.165) is 54.8 Å². The zero-order valence-corrected chi connectivity index (χ0v) is 19.6. The fraction of sp³-hybridized carbons (Fsp3) is 0.417. The summed E-state index contributed by atoms with van der Waals surface area (Å²) in [5, 5.41) is 1.13. The normalized spacial score (nSPS) is 15.1. The van der Waals surface area contributed by atoms with Gasteiger partial charge in [-0.25, -0.2) is 4.98 Å². The Morgan fingerprint density at radius 2 is 1.91 bits per heavy atom. The number of hydrogen-bond acceptors (Lipinski definition) is 5. The molecule has 1 aliphatic rings. The van der Waals surface area contributed by atoms with Crippen molar-refractivity contribution in [2.45, 2.75) is 26.1 Å². The lowest BCUT2D eigenvalue weighted by Crippen LogP contribution is -2.47. The van der Waals surface area contributed by atoms with Crippen LogP contribution < -0.4 is 4.90 Å². The number of carbonyl (C=O) groups excluding carboxylic acids is 1. The van der Waals surface area contributed by atoms with Crippen molar-refractivity contribution in [2.75, 3.05) is 44.2 Å². The Bertz CT molecular complexity index is 1160. The molecular formula is C24H26ClF3N4O2. The first-order chi connectivity index (χ1) is 16.3. The first-order valence-corrected chi connectivity index (χ1v) is 11.6. The van der Waals surface area contributed by atoms with Crippen LogP contribution in [0.15, 0.2) is 42.7 Å². The number of ether oxygens (including phenoxy) is 1. The molecule has 0 spiro atoms. The predicted octanol–water partition coefficient (Wildman–Crippen LogP) is 4.64. The smallest absolute Gasteiger partial charge is 0.417 e. The number of hydrogen-bond donors (Lipinski definition) is 0. The van der Waals surface area contributed by atoms with E-state index in [2.05, 4.69) is 16.0 Å². The van der Waals surface area contributed by atoms with Gasteiger partial charge in [-0.3, -0.25) is 9.69 Å². The van der Waals surface area contributed by atoms with Crippen LogP contribution in [0.25, 0.3) is 10.9 Å². The maximum Gasteiger partial charge on any atom is 0.417 e. The number of anilines is 1. The van der Waals surface area contributed by atoms with Crippen LogP contribution in [-0.4, -0.2) is 59.8 Å². The minimum absolute atomic E-state index is 0.0117. The molecule has 0 amide bonds. The number of alkyl halides is 3. The van der Waals surface area contributed by atoms with E-state index in [0.29, 0.717) is 25.5 Å². The van der Waals surface area contributed by atoms with Gasteiger partial charge in [-0.05, 0) is 31.0 Å². The third-order valence-electron chi connectivity index (χ3n) is 5.99. The second kappa shape index (κ2) is 10.2. The van der Waals surface area contributed by atoms with E-state index in [1.165, 1.54) is 0 Å². The van der Waals surface area contributed by atoms with Crippen molar-refractivity contribution in [1.82, 2.24) is 14.5 Å². The van der Waals surface area contributed by atoms with Crippen molar-refractivity contribution in [1.29, 1.82) is 0 Å². The number of aromatic nitrogens is 2. The lowest BCUT2D eigenvalue weighted by Gasteiger charge is -2.35. The summed E-state index contributed by atoms with van der Waals surface area (Å²) in [5.74, 6) is 0.123. The van der Waals surface area contributed by atoms with Crippen molar-refractivity contribution < 1.29 is 22.7 Å². The summed E-state index contributed by atoms with van der Waals surface area (Å²) < 4.78 is 45.6. The second-order valence-corrected chi connectivity index (χ2v) is 8.62. The molecule has 0 radical (unpaired) electrons. The molecule has 0 aliphatic carbocycles. The average molecular weight is 495 g/mol. The van der Waals surface area contributed by atoms with E-state index in [1.54, 1.807) is 6.92 Å². The summed E-state index contributed by atoms with van der Waals surface area (Å²) in [5.41, 5.74) is 1.31. The van der Waals surface area contributed by atoms with Gasteiger partial charge in [0.25, 0.3) is 0 Å². The van der Waals surface area contributed by atoms with Crippen molar-refractivity contribution >= 4 is 34.3 Å². The number of fused-ring (bicyclic) bond motifs is 1. The minimum atomic E-state index is -4.46. The number of nitrogens with zero attached hydrogens (tertiary/aromatic N) is 4. The van der Waals surface area contributed by atoms with Gasteiger partial charge in [0.1, 0.15) is 12.4 Å². The number of carbonyl (C=O) groups is 1. The van der Waals surface area contributed by atoms with Crippen LogP contribution >= 0.6 is 11.6 Å². The second-order valence-electron chi connectivity index (χ2n) is 8.21. The van der Waals surface area contributed by atoms with Gasteiger partial charge in [-0.2, -0.15) is 13.2 Å². The van der Waals surface area contributed by atoms with E-state index >= 15 is 0 Å². The molecule has 1 fully saturated rings. The predicted molar refractivity (Wildman–Crippen MR) is 125 cm³/mol. The molecule has 1 aliphatic heterocycles. The Morgan fingerprint density at radius 1 is 1.18 bits per heavy atom. The highest BCUT2D eigenvalue weighted by molar-refractivity contribution is 6.33. The van der Waals surface area contributed by atoms with Crippen molar-refractivity contribution in [3.8, 4) is 0 Å². The Labute approximate surface area is 200 Å². The Balaban J connectivity index is 1.37. The van der Waals surface area contributed by atoms with Gasteiger partial charge >= 0.3 is 12.1 Å². The summed E-state index contributed by atoms with van der Waals surface area (Å²) in [6.45, 7) is 5.90. The van der Waals surface area contributed by atoms with Gasteiger partial charge in [0.2, 0.25) is 0 Å². The molecule has 4 rings (SSSR count). The molecule has 2 aromatic heterocycles. The van der Waals surface area contributed by atoms with Crippen LogP contribution in [0.3, 0.4) is 0 Å². The summed E-state index contributed by atoms with van der Waals surface area (Å²) >= 11 is 6.11.